The van der Waals surface area contributed by atoms with E-state index in [0.717, 1.165) is 12.8 Å². The second kappa shape index (κ2) is 5.30. The fourth-order valence-corrected chi connectivity index (χ4v) is 4.77. The third-order valence-electron chi connectivity index (χ3n) is 4.49. The van der Waals surface area contributed by atoms with Gasteiger partial charge in [0.05, 0.1) is 6.61 Å². The molecule has 0 bridgehead atoms. The van der Waals surface area contributed by atoms with Gasteiger partial charge < -0.3 is 5.11 Å². The lowest BCUT2D eigenvalue weighted by Crippen LogP contribution is -2.32. The number of sulfonamides is 1. The van der Waals surface area contributed by atoms with Gasteiger partial charge in [0.1, 0.15) is 10.7 Å². The third kappa shape index (κ3) is 3.02. The minimum Gasteiger partial charge on any atom is -0.392 e. The minimum absolute atomic E-state index is 0.0342. The van der Waals surface area contributed by atoms with E-state index in [1.54, 1.807) is 0 Å². The van der Waals surface area contributed by atoms with Crippen LogP contribution in [0, 0.1) is 17.2 Å². The predicted molar refractivity (Wildman–Crippen MR) is 79.6 cm³/mol. The molecule has 4 nitrogen and oxygen atoms in total. The van der Waals surface area contributed by atoms with Crippen LogP contribution >= 0.6 is 15.9 Å². The molecule has 2 aliphatic rings. The predicted octanol–water partition coefficient (Wildman–Crippen LogP) is 2.55. The Kier molecular flexibility index (Phi) is 3.88. The molecule has 7 heteroatoms. The van der Waals surface area contributed by atoms with E-state index >= 15 is 0 Å². The molecule has 0 aliphatic heterocycles. The van der Waals surface area contributed by atoms with E-state index in [2.05, 4.69) is 20.7 Å². The van der Waals surface area contributed by atoms with Crippen LogP contribution in [-0.4, -0.2) is 20.1 Å². The van der Waals surface area contributed by atoms with Crippen molar-refractivity contribution in [3.05, 3.63) is 28.0 Å². The summed E-state index contributed by atoms with van der Waals surface area (Å²) in [4.78, 5) is -0.410. The molecule has 0 unspecified atom stereocenters. The van der Waals surface area contributed by atoms with Crippen LogP contribution in [0.2, 0.25) is 0 Å². The first-order valence-corrected chi connectivity index (χ1v) is 9.24. The lowest BCUT2D eigenvalue weighted by molar-refractivity contribution is 0.274. The largest absolute Gasteiger partial charge is 0.392 e. The van der Waals surface area contributed by atoms with Crippen molar-refractivity contribution in [2.24, 2.45) is 11.3 Å². The molecule has 0 aromatic heterocycles. The zero-order valence-corrected chi connectivity index (χ0v) is 13.8. The number of aliphatic hydroxyl groups excluding tert-OH is 1. The van der Waals surface area contributed by atoms with Crippen molar-refractivity contribution < 1.29 is 17.9 Å². The van der Waals surface area contributed by atoms with Gasteiger partial charge in [-0.15, -0.1) is 0 Å². The minimum atomic E-state index is -3.91. The first-order chi connectivity index (χ1) is 9.88. The second-order valence-corrected chi connectivity index (χ2v) is 8.65. The highest BCUT2D eigenvalue weighted by atomic mass is 79.9. The Balaban J connectivity index is 1.83. The van der Waals surface area contributed by atoms with Crippen molar-refractivity contribution in [3.63, 3.8) is 0 Å². The molecular weight excluding hydrogens is 361 g/mol. The maximum Gasteiger partial charge on any atom is 0.243 e. The van der Waals surface area contributed by atoms with Crippen LogP contribution in [0.25, 0.3) is 0 Å². The smallest absolute Gasteiger partial charge is 0.243 e. The van der Waals surface area contributed by atoms with Crippen LogP contribution < -0.4 is 4.72 Å². The third-order valence-corrected chi connectivity index (χ3v) is 6.35. The summed E-state index contributed by atoms with van der Waals surface area (Å²) in [6.45, 7) is -0.166. The number of hydrogen-bond donors (Lipinski definition) is 2. The highest BCUT2D eigenvalue weighted by molar-refractivity contribution is 9.10. The van der Waals surface area contributed by atoms with Crippen LogP contribution in [0.3, 0.4) is 0 Å². The molecule has 116 valence electrons. The quantitative estimate of drug-likeness (QED) is 0.800. The zero-order chi connectivity index (χ0) is 15.3. The highest BCUT2D eigenvalue weighted by Gasteiger charge is 2.53. The van der Waals surface area contributed by atoms with Crippen molar-refractivity contribution in [1.29, 1.82) is 0 Å². The fourth-order valence-electron chi connectivity index (χ4n) is 2.83. The van der Waals surface area contributed by atoms with Crippen molar-refractivity contribution in [1.82, 2.24) is 4.72 Å². The molecule has 2 fully saturated rings. The Bertz CT molecular complexity index is 669. The number of aliphatic hydroxyl groups is 1. The Labute approximate surface area is 131 Å². The summed E-state index contributed by atoms with van der Waals surface area (Å²) < 4.78 is 41.8. The standard InChI is InChI=1S/C14H17BrFNO3S/c15-11-5-9(7-18)13(16)12(6-11)21(19,20)17-8-14(3-4-14)10-1-2-10/h5-6,10,17-18H,1-4,7-8H2. The summed E-state index contributed by atoms with van der Waals surface area (Å²) in [7, 11) is -3.91. The second-order valence-electron chi connectivity index (χ2n) is 6.00. The van der Waals surface area contributed by atoms with Crippen LogP contribution in [0.15, 0.2) is 21.5 Å². The molecule has 0 atom stereocenters. The number of nitrogens with one attached hydrogen (secondary N) is 1. The van der Waals surface area contributed by atoms with E-state index in [9.17, 15) is 12.8 Å². The Morgan fingerprint density at radius 2 is 2.05 bits per heavy atom. The molecule has 2 N–H and O–H groups in total. The summed E-state index contributed by atoms with van der Waals surface area (Å²) in [5.41, 5.74) is 0.0723. The summed E-state index contributed by atoms with van der Waals surface area (Å²) >= 11 is 3.15. The Morgan fingerprint density at radius 1 is 1.38 bits per heavy atom. The molecule has 21 heavy (non-hydrogen) atoms. The van der Waals surface area contributed by atoms with Crippen molar-refractivity contribution in [2.45, 2.75) is 37.2 Å². The van der Waals surface area contributed by atoms with Gasteiger partial charge in [0.2, 0.25) is 10.0 Å². The molecule has 2 aliphatic carbocycles. The van der Waals surface area contributed by atoms with Gasteiger partial charge in [-0.1, -0.05) is 15.9 Å². The average molecular weight is 378 g/mol. The Morgan fingerprint density at radius 3 is 2.57 bits per heavy atom. The summed E-state index contributed by atoms with van der Waals surface area (Å²) in [6, 6.07) is 2.61. The molecule has 0 heterocycles. The van der Waals surface area contributed by atoms with Crippen molar-refractivity contribution in [2.75, 3.05) is 6.54 Å². The number of benzene rings is 1. The van der Waals surface area contributed by atoms with Gasteiger partial charge in [0, 0.05) is 16.6 Å². The molecule has 1 aromatic carbocycles. The lowest BCUT2D eigenvalue weighted by Gasteiger charge is -2.16. The first kappa shape index (κ1) is 15.4. The molecule has 1 aromatic rings. The molecular formula is C14H17BrFNO3S. The van der Waals surface area contributed by atoms with Gasteiger partial charge in [0.25, 0.3) is 0 Å². The summed E-state index contributed by atoms with van der Waals surface area (Å²) in [5, 5.41) is 9.11. The summed E-state index contributed by atoms with van der Waals surface area (Å²) in [6.07, 6.45) is 4.43. The fraction of sp³-hybridized carbons (Fsp3) is 0.571. The first-order valence-electron chi connectivity index (χ1n) is 6.96. The molecule has 0 saturated heterocycles. The molecule has 0 radical (unpaired) electrons. The number of rotatable bonds is 6. The molecule has 0 spiro atoms. The highest BCUT2D eigenvalue weighted by Crippen LogP contribution is 2.60. The van der Waals surface area contributed by atoms with Crippen molar-refractivity contribution in [3.8, 4) is 0 Å². The van der Waals surface area contributed by atoms with Gasteiger partial charge in [-0.2, -0.15) is 0 Å². The van der Waals surface area contributed by atoms with E-state index in [1.165, 1.54) is 25.0 Å². The van der Waals surface area contributed by atoms with E-state index in [4.69, 9.17) is 5.11 Å². The van der Waals surface area contributed by atoms with Gasteiger partial charge in [0.15, 0.2) is 0 Å². The van der Waals surface area contributed by atoms with Crippen molar-refractivity contribution >= 4 is 26.0 Å². The average Bonchev–Trinajstić information content (AvgIpc) is 3.30. The van der Waals surface area contributed by atoms with E-state index in [0.29, 0.717) is 16.9 Å². The molecule has 3 rings (SSSR count). The topological polar surface area (TPSA) is 66.4 Å². The van der Waals surface area contributed by atoms with Crippen LogP contribution in [0.5, 0.6) is 0 Å². The normalized spacial score (nSPS) is 20.5. The van der Waals surface area contributed by atoms with Crippen LogP contribution in [0.1, 0.15) is 31.2 Å². The van der Waals surface area contributed by atoms with E-state index in [1.807, 2.05) is 0 Å². The maximum absolute atomic E-state index is 14.2. The SMILES string of the molecule is O=S(=O)(NCC1(C2CC2)CC1)c1cc(Br)cc(CO)c1F. The maximum atomic E-state index is 14.2. The molecule has 2 saturated carbocycles. The van der Waals surface area contributed by atoms with E-state index < -0.39 is 27.3 Å². The Hall–Kier alpha value is -0.500. The monoisotopic (exact) mass is 377 g/mol. The van der Waals surface area contributed by atoms with Gasteiger partial charge >= 0.3 is 0 Å². The number of hydrogen-bond acceptors (Lipinski definition) is 3. The zero-order valence-electron chi connectivity index (χ0n) is 11.4. The van der Waals surface area contributed by atoms with Crippen LogP contribution in [0.4, 0.5) is 4.39 Å². The van der Waals surface area contributed by atoms with Crippen LogP contribution in [-0.2, 0) is 16.6 Å². The van der Waals surface area contributed by atoms with E-state index in [-0.39, 0.29) is 11.0 Å². The van der Waals surface area contributed by atoms with Gasteiger partial charge in [-0.05, 0) is 49.1 Å². The summed E-state index contributed by atoms with van der Waals surface area (Å²) in [5.74, 6) is -0.259. The number of halogens is 2. The lowest BCUT2D eigenvalue weighted by atomic mass is 10.0. The van der Waals surface area contributed by atoms with Gasteiger partial charge in [-0.3, -0.25) is 0 Å². The van der Waals surface area contributed by atoms with Gasteiger partial charge in [-0.25, -0.2) is 17.5 Å². The molecule has 0 amide bonds.